The van der Waals surface area contributed by atoms with Crippen molar-refractivity contribution in [3.63, 3.8) is 0 Å². The van der Waals surface area contributed by atoms with Crippen LogP contribution in [0.5, 0.6) is 0 Å². The van der Waals surface area contributed by atoms with Gasteiger partial charge >= 0.3 is 0 Å². The van der Waals surface area contributed by atoms with E-state index in [-0.39, 0.29) is 22.7 Å². The maximum Gasteiger partial charge on any atom is 0.269 e. The monoisotopic (exact) mass is 591 g/mol. The first-order valence-electron chi connectivity index (χ1n) is 15.5. The molecule has 0 aliphatic carbocycles. The van der Waals surface area contributed by atoms with Gasteiger partial charge < -0.3 is 10.2 Å². The van der Waals surface area contributed by atoms with Gasteiger partial charge in [0.25, 0.3) is 5.69 Å². The van der Waals surface area contributed by atoms with Crippen LogP contribution in [0.3, 0.4) is 0 Å². The first-order valence-corrected chi connectivity index (χ1v) is 15.5. The fourth-order valence-corrected chi connectivity index (χ4v) is 7.15. The number of benzene rings is 3. The molecular weight excluding hydrogens is 550 g/mol. The summed E-state index contributed by atoms with van der Waals surface area (Å²) >= 11 is 0. The molecule has 5 rings (SSSR count). The number of hydrogen-bond donors (Lipinski definition) is 1. The van der Waals surface area contributed by atoms with E-state index in [4.69, 9.17) is 0 Å². The molecule has 3 aromatic rings. The Bertz CT molecular complexity index is 1540. The number of non-ortho nitro benzene ring substituents is 1. The van der Waals surface area contributed by atoms with Crippen LogP contribution in [0.15, 0.2) is 107 Å². The molecule has 44 heavy (non-hydrogen) atoms. The molecule has 228 valence electrons. The number of allylic oxidation sites excluding steroid dienone is 4. The van der Waals surface area contributed by atoms with Gasteiger partial charge in [0.2, 0.25) is 0 Å². The number of carbonyl (C=O) groups is 2. The van der Waals surface area contributed by atoms with Crippen molar-refractivity contribution in [1.82, 2.24) is 10.2 Å². The van der Waals surface area contributed by atoms with Crippen molar-refractivity contribution in [2.45, 2.75) is 64.2 Å². The van der Waals surface area contributed by atoms with E-state index in [1.807, 2.05) is 13.8 Å². The first kappa shape index (κ1) is 31.1. The average Bonchev–Trinajstić information content (AvgIpc) is 3.03. The predicted molar refractivity (Wildman–Crippen MR) is 173 cm³/mol. The largest absolute Gasteiger partial charge is 0.362 e. The van der Waals surface area contributed by atoms with Crippen LogP contribution in [-0.2, 0) is 15.0 Å². The van der Waals surface area contributed by atoms with Crippen molar-refractivity contribution >= 4 is 17.3 Å². The van der Waals surface area contributed by atoms with Crippen molar-refractivity contribution in [2.75, 3.05) is 19.6 Å². The van der Waals surface area contributed by atoms with E-state index in [0.717, 1.165) is 45.3 Å². The Labute approximate surface area is 259 Å². The number of ketones is 2. The van der Waals surface area contributed by atoms with E-state index >= 15 is 0 Å². The third kappa shape index (κ3) is 6.43. The van der Waals surface area contributed by atoms with Crippen molar-refractivity contribution in [3.8, 4) is 0 Å². The number of Topliss-reactive ketones (excluding diaryl/α,β-unsaturated/α-hetero) is 2. The highest BCUT2D eigenvalue weighted by molar-refractivity contribution is 6.04. The van der Waals surface area contributed by atoms with Crippen LogP contribution in [-0.4, -0.2) is 41.0 Å². The molecule has 1 unspecified atom stereocenters. The van der Waals surface area contributed by atoms with Gasteiger partial charge in [-0.1, -0.05) is 72.8 Å². The maximum absolute atomic E-state index is 13.8. The van der Waals surface area contributed by atoms with Crippen molar-refractivity contribution < 1.29 is 14.5 Å². The van der Waals surface area contributed by atoms with E-state index < -0.39 is 10.8 Å². The van der Waals surface area contributed by atoms with Crippen LogP contribution in [0.4, 0.5) is 5.69 Å². The Hall–Kier alpha value is -4.36. The van der Waals surface area contributed by atoms with Gasteiger partial charge in [-0.15, -0.1) is 0 Å². The van der Waals surface area contributed by atoms with E-state index in [1.54, 1.807) is 12.1 Å². The minimum Gasteiger partial charge on any atom is -0.362 e. The molecule has 0 bridgehead atoms. The number of nitrogens with one attached hydrogen (secondary N) is 1. The predicted octanol–water partition coefficient (Wildman–Crippen LogP) is 7.24. The Kier molecular flexibility index (Phi) is 9.55. The molecule has 0 aromatic heterocycles. The number of rotatable bonds is 11. The normalized spacial score (nSPS) is 18.6. The molecule has 7 nitrogen and oxygen atoms in total. The van der Waals surface area contributed by atoms with Gasteiger partial charge in [-0.3, -0.25) is 19.7 Å². The molecule has 0 amide bonds. The van der Waals surface area contributed by atoms with Gasteiger partial charge in [-0.05, 0) is 82.8 Å². The standard InChI is InChI=1S/C37H41N3O4/c1-26-34(28(3)41)36(29-13-12-18-32(25-29)40(43)44)35(27(2)38-26)33(42)19-10-11-22-39-23-20-37(21-24-39,30-14-6-4-7-15-30)31-16-8-5-9-17-31/h4-9,12-18,25,36,38H,10-11,19-24H2,1-3H3. The van der Waals surface area contributed by atoms with Crippen LogP contribution in [0.2, 0.25) is 0 Å². The average molecular weight is 592 g/mol. The molecule has 3 aromatic carbocycles. The van der Waals surface area contributed by atoms with Crippen LogP contribution >= 0.6 is 0 Å². The smallest absolute Gasteiger partial charge is 0.269 e. The maximum atomic E-state index is 13.8. The van der Waals surface area contributed by atoms with Crippen LogP contribution in [0.1, 0.15) is 75.5 Å². The zero-order valence-electron chi connectivity index (χ0n) is 25.8. The number of nitro groups is 1. The zero-order chi connectivity index (χ0) is 31.3. The summed E-state index contributed by atoms with van der Waals surface area (Å²) in [6.07, 6.45) is 4.07. The molecule has 7 heteroatoms. The summed E-state index contributed by atoms with van der Waals surface area (Å²) in [5, 5.41) is 14.7. The molecule has 2 aliphatic heterocycles. The number of piperidine rings is 1. The van der Waals surface area contributed by atoms with E-state index in [2.05, 4.69) is 70.9 Å². The summed E-state index contributed by atoms with van der Waals surface area (Å²) in [5.41, 5.74) is 5.65. The Balaban J connectivity index is 1.24. The van der Waals surface area contributed by atoms with Gasteiger partial charge in [-0.25, -0.2) is 0 Å². The quantitative estimate of drug-likeness (QED) is 0.144. The number of hydrogen-bond acceptors (Lipinski definition) is 6. The summed E-state index contributed by atoms with van der Waals surface area (Å²) in [6, 6.07) is 27.9. The van der Waals surface area contributed by atoms with Gasteiger partial charge in [-0.2, -0.15) is 0 Å². The number of carbonyl (C=O) groups excluding carboxylic acids is 2. The second-order valence-electron chi connectivity index (χ2n) is 12.1. The van der Waals surface area contributed by atoms with Crippen molar-refractivity contribution in [2.24, 2.45) is 0 Å². The molecule has 1 N–H and O–H groups in total. The fraction of sp³-hybridized carbons (Fsp3) is 0.351. The van der Waals surface area contributed by atoms with E-state index in [0.29, 0.717) is 34.5 Å². The van der Waals surface area contributed by atoms with Gasteiger partial charge in [0.05, 0.1) is 4.92 Å². The van der Waals surface area contributed by atoms with Gasteiger partial charge in [0.15, 0.2) is 11.6 Å². The molecule has 1 saturated heterocycles. The lowest BCUT2D eigenvalue weighted by Crippen LogP contribution is -2.43. The van der Waals surface area contributed by atoms with Crippen LogP contribution in [0, 0.1) is 10.1 Å². The molecular formula is C37H41N3O4. The third-order valence-corrected chi connectivity index (χ3v) is 9.34. The van der Waals surface area contributed by atoms with Crippen molar-refractivity contribution in [1.29, 1.82) is 0 Å². The van der Waals surface area contributed by atoms with Crippen LogP contribution < -0.4 is 5.32 Å². The fourth-order valence-electron chi connectivity index (χ4n) is 7.15. The van der Waals surface area contributed by atoms with Crippen LogP contribution in [0.25, 0.3) is 0 Å². The number of nitro benzene ring substituents is 1. The summed E-state index contributed by atoms with van der Waals surface area (Å²) in [4.78, 5) is 40.1. The minimum absolute atomic E-state index is 0.00849. The molecule has 0 saturated carbocycles. The lowest BCUT2D eigenvalue weighted by Gasteiger charge is -2.43. The Morgan fingerprint density at radius 2 is 1.45 bits per heavy atom. The highest BCUT2D eigenvalue weighted by atomic mass is 16.6. The lowest BCUT2D eigenvalue weighted by molar-refractivity contribution is -0.384. The number of nitrogens with zero attached hydrogens (tertiary/aromatic N) is 2. The van der Waals surface area contributed by atoms with Gasteiger partial charge in [0, 0.05) is 52.4 Å². The molecule has 2 heterocycles. The second kappa shape index (κ2) is 13.5. The lowest BCUT2D eigenvalue weighted by atomic mass is 9.68. The number of likely N-dealkylation sites (tertiary alicyclic amines) is 1. The summed E-state index contributed by atoms with van der Waals surface area (Å²) in [7, 11) is 0. The molecule has 0 radical (unpaired) electrons. The number of unbranched alkanes of at least 4 members (excludes halogenated alkanes) is 1. The highest BCUT2D eigenvalue weighted by Gasteiger charge is 2.38. The zero-order valence-corrected chi connectivity index (χ0v) is 25.8. The molecule has 1 fully saturated rings. The Morgan fingerprint density at radius 3 is 2.02 bits per heavy atom. The summed E-state index contributed by atoms with van der Waals surface area (Å²) < 4.78 is 0. The number of dihydropyridines is 1. The van der Waals surface area contributed by atoms with E-state index in [1.165, 1.54) is 30.2 Å². The summed E-state index contributed by atoms with van der Waals surface area (Å²) in [5.74, 6) is -0.813. The minimum atomic E-state index is -0.632. The van der Waals surface area contributed by atoms with Crippen molar-refractivity contribution in [3.05, 3.63) is 134 Å². The SMILES string of the molecule is CC(=O)C1=C(C)NC(C)=C(C(=O)CCCCN2CCC(c3ccccc3)(c3ccccc3)CC2)C1c1cccc([N+](=O)[O-])c1. The topological polar surface area (TPSA) is 92.6 Å². The molecule has 1 atom stereocenters. The van der Waals surface area contributed by atoms with E-state index in [9.17, 15) is 19.7 Å². The highest BCUT2D eigenvalue weighted by Crippen LogP contribution is 2.42. The molecule has 2 aliphatic rings. The second-order valence-corrected chi connectivity index (χ2v) is 12.1. The third-order valence-electron chi connectivity index (χ3n) is 9.34. The first-order chi connectivity index (χ1) is 21.2. The summed E-state index contributed by atoms with van der Waals surface area (Å²) in [6.45, 7) is 8.05. The molecule has 0 spiro atoms. The Morgan fingerprint density at radius 1 is 0.864 bits per heavy atom. The van der Waals surface area contributed by atoms with Gasteiger partial charge in [0.1, 0.15) is 0 Å².